The third-order valence-electron chi connectivity index (χ3n) is 2.17. The molecule has 13 heavy (non-hydrogen) atoms. The van der Waals surface area contributed by atoms with Gasteiger partial charge in [0.1, 0.15) is 0 Å². The summed E-state index contributed by atoms with van der Waals surface area (Å²) in [5.74, 6) is 5.49. The summed E-state index contributed by atoms with van der Waals surface area (Å²) < 4.78 is 0. The molecule has 0 saturated heterocycles. The minimum absolute atomic E-state index is 0.156. The molecule has 70 valence electrons. The van der Waals surface area contributed by atoms with E-state index in [0.29, 0.717) is 5.92 Å². The SMILES string of the molecule is CC#CC(=O)NCC1CC=CCC1. The largest absolute Gasteiger partial charge is 0.345 e. The maximum atomic E-state index is 11.0. The molecule has 1 atom stereocenters. The molecule has 0 aromatic heterocycles. The minimum Gasteiger partial charge on any atom is -0.345 e. The van der Waals surface area contributed by atoms with Crippen LogP contribution >= 0.6 is 0 Å². The van der Waals surface area contributed by atoms with E-state index in [-0.39, 0.29) is 5.91 Å². The number of amides is 1. The van der Waals surface area contributed by atoms with E-state index in [0.717, 1.165) is 19.4 Å². The van der Waals surface area contributed by atoms with Crippen LogP contribution in [0.15, 0.2) is 12.2 Å². The first-order valence-electron chi connectivity index (χ1n) is 4.68. The van der Waals surface area contributed by atoms with E-state index in [4.69, 9.17) is 0 Å². The van der Waals surface area contributed by atoms with Gasteiger partial charge in [-0.3, -0.25) is 4.79 Å². The molecular weight excluding hydrogens is 162 g/mol. The summed E-state index contributed by atoms with van der Waals surface area (Å²) in [6.07, 6.45) is 7.78. The van der Waals surface area contributed by atoms with Crippen LogP contribution in [0.4, 0.5) is 0 Å². The van der Waals surface area contributed by atoms with Crippen molar-refractivity contribution in [1.82, 2.24) is 5.32 Å². The first kappa shape index (κ1) is 9.85. The van der Waals surface area contributed by atoms with E-state index < -0.39 is 0 Å². The number of carbonyl (C=O) groups is 1. The van der Waals surface area contributed by atoms with Crippen LogP contribution in [0.5, 0.6) is 0 Å². The number of rotatable bonds is 2. The minimum atomic E-state index is -0.156. The van der Waals surface area contributed by atoms with Crippen molar-refractivity contribution in [3.05, 3.63) is 12.2 Å². The maximum absolute atomic E-state index is 11.0. The molecule has 0 fully saturated rings. The van der Waals surface area contributed by atoms with Crippen LogP contribution in [0.1, 0.15) is 26.2 Å². The Labute approximate surface area is 79.4 Å². The maximum Gasteiger partial charge on any atom is 0.295 e. The van der Waals surface area contributed by atoms with Crippen molar-refractivity contribution in [2.24, 2.45) is 5.92 Å². The lowest BCUT2D eigenvalue weighted by Gasteiger charge is -2.16. The van der Waals surface area contributed by atoms with Gasteiger partial charge in [-0.25, -0.2) is 0 Å². The smallest absolute Gasteiger partial charge is 0.295 e. The zero-order valence-electron chi connectivity index (χ0n) is 7.97. The monoisotopic (exact) mass is 177 g/mol. The molecule has 0 aromatic rings. The van der Waals surface area contributed by atoms with E-state index in [2.05, 4.69) is 29.3 Å². The van der Waals surface area contributed by atoms with Crippen LogP contribution in [0, 0.1) is 17.8 Å². The van der Waals surface area contributed by atoms with Crippen LogP contribution < -0.4 is 5.32 Å². The fourth-order valence-corrected chi connectivity index (χ4v) is 1.44. The van der Waals surface area contributed by atoms with Gasteiger partial charge in [0.15, 0.2) is 0 Å². The molecule has 1 aliphatic rings. The number of allylic oxidation sites excluding steroid dienone is 2. The molecule has 0 radical (unpaired) electrons. The zero-order chi connectivity index (χ0) is 9.52. The van der Waals surface area contributed by atoms with Crippen LogP contribution in [0.25, 0.3) is 0 Å². The highest BCUT2D eigenvalue weighted by molar-refractivity contribution is 5.93. The Morgan fingerprint density at radius 1 is 1.62 bits per heavy atom. The molecule has 1 aliphatic carbocycles. The Balaban J connectivity index is 2.20. The van der Waals surface area contributed by atoms with Crippen molar-refractivity contribution in [1.29, 1.82) is 0 Å². The van der Waals surface area contributed by atoms with Crippen molar-refractivity contribution >= 4 is 5.91 Å². The van der Waals surface area contributed by atoms with Gasteiger partial charge in [-0.1, -0.05) is 18.1 Å². The second-order valence-electron chi connectivity index (χ2n) is 3.24. The van der Waals surface area contributed by atoms with Gasteiger partial charge in [-0.15, -0.1) is 0 Å². The summed E-state index contributed by atoms with van der Waals surface area (Å²) in [5.41, 5.74) is 0. The quantitative estimate of drug-likeness (QED) is 0.502. The number of hydrogen-bond donors (Lipinski definition) is 1. The van der Waals surface area contributed by atoms with Gasteiger partial charge in [0.25, 0.3) is 5.91 Å². The van der Waals surface area contributed by atoms with E-state index in [9.17, 15) is 4.79 Å². The first-order valence-corrected chi connectivity index (χ1v) is 4.68. The van der Waals surface area contributed by atoms with Gasteiger partial charge < -0.3 is 5.32 Å². The van der Waals surface area contributed by atoms with Gasteiger partial charge in [-0.05, 0) is 38.0 Å². The standard InChI is InChI=1S/C11H15NO/c1-2-6-11(13)12-9-10-7-4-3-5-8-10/h3-4,10H,5,7-9H2,1H3,(H,12,13). The third-order valence-corrected chi connectivity index (χ3v) is 2.17. The predicted molar refractivity (Wildman–Crippen MR) is 52.9 cm³/mol. The second-order valence-corrected chi connectivity index (χ2v) is 3.24. The average molecular weight is 177 g/mol. The van der Waals surface area contributed by atoms with Gasteiger partial charge in [0.05, 0.1) is 0 Å². The topological polar surface area (TPSA) is 29.1 Å². The third kappa shape index (κ3) is 3.80. The second kappa shape index (κ2) is 5.42. The van der Waals surface area contributed by atoms with E-state index in [1.54, 1.807) is 6.92 Å². The fourth-order valence-electron chi connectivity index (χ4n) is 1.44. The van der Waals surface area contributed by atoms with Crippen LogP contribution in [-0.2, 0) is 4.79 Å². The molecule has 1 rings (SSSR count). The average Bonchev–Trinajstić information content (AvgIpc) is 2.17. The van der Waals surface area contributed by atoms with Gasteiger partial charge in [0.2, 0.25) is 0 Å². The van der Waals surface area contributed by atoms with E-state index >= 15 is 0 Å². The molecule has 1 N–H and O–H groups in total. The highest BCUT2D eigenvalue weighted by Gasteiger charge is 2.09. The Morgan fingerprint density at radius 2 is 2.46 bits per heavy atom. The van der Waals surface area contributed by atoms with Crippen molar-refractivity contribution < 1.29 is 4.79 Å². The van der Waals surface area contributed by atoms with Gasteiger partial charge in [0, 0.05) is 6.54 Å². The Kier molecular flexibility index (Phi) is 4.11. The molecule has 0 saturated carbocycles. The van der Waals surface area contributed by atoms with Crippen LogP contribution in [0.3, 0.4) is 0 Å². The summed E-state index contributed by atoms with van der Waals surface area (Å²) in [4.78, 5) is 11.0. The van der Waals surface area contributed by atoms with Gasteiger partial charge >= 0.3 is 0 Å². The van der Waals surface area contributed by atoms with Crippen molar-refractivity contribution in [3.8, 4) is 11.8 Å². The molecule has 0 aromatic carbocycles. The Morgan fingerprint density at radius 3 is 3.08 bits per heavy atom. The fraction of sp³-hybridized carbons (Fsp3) is 0.545. The number of hydrogen-bond acceptors (Lipinski definition) is 1. The summed E-state index contributed by atoms with van der Waals surface area (Å²) in [6, 6.07) is 0. The summed E-state index contributed by atoms with van der Waals surface area (Å²) in [6.45, 7) is 2.43. The lowest BCUT2D eigenvalue weighted by molar-refractivity contribution is -0.115. The number of carbonyl (C=O) groups excluding carboxylic acids is 1. The summed E-state index contributed by atoms with van der Waals surface area (Å²) in [7, 11) is 0. The lowest BCUT2D eigenvalue weighted by Crippen LogP contribution is -2.28. The summed E-state index contributed by atoms with van der Waals surface area (Å²) in [5, 5.41) is 2.81. The normalized spacial score (nSPS) is 20.2. The van der Waals surface area contributed by atoms with E-state index in [1.807, 2.05) is 0 Å². The van der Waals surface area contributed by atoms with Crippen molar-refractivity contribution in [2.45, 2.75) is 26.2 Å². The van der Waals surface area contributed by atoms with Crippen LogP contribution in [0.2, 0.25) is 0 Å². The highest BCUT2D eigenvalue weighted by atomic mass is 16.1. The molecule has 0 heterocycles. The summed E-state index contributed by atoms with van der Waals surface area (Å²) >= 11 is 0. The predicted octanol–water partition coefficient (Wildman–Crippen LogP) is 1.48. The van der Waals surface area contributed by atoms with E-state index in [1.165, 1.54) is 6.42 Å². The first-order chi connectivity index (χ1) is 6.33. The zero-order valence-corrected chi connectivity index (χ0v) is 7.97. The lowest BCUT2D eigenvalue weighted by atomic mass is 9.94. The molecule has 1 unspecified atom stereocenters. The highest BCUT2D eigenvalue weighted by Crippen LogP contribution is 2.16. The molecule has 1 amide bonds. The van der Waals surface area contributed by atoms with Crippen molar-refractivity contribution in [2.75, 3.05) is 6.54 Å². The molecule has 2 nitrogen and oxygen atoms in total. The molecule has 0 spiro atoms. The molecular formula is C11H15NO. The molecule has 2 heteroatoms. The van der Waals surface area contributed by atoms with Crippen molar-refractivity contribution in [3.63, 3.8) is 0 Å². The Hall–Kier alpha value is -1.23. The number of nitrogens with one attached hydrogen (secondary N) is 1. The molecule has 0 aliphatic heterocycles. The Bertz CT molecular complexity index is 257. The van der Waals surface area contributed by atoms with Gasteiger partial charge in [-0.2, -0.15) is 0 Å². The van der Waals surface area contributed by atoms with Crippen LogP contribution in [-0.4, -0.2) is 12.5 Å². The molecule has 0 bridgehead atoms.